The van der Waals surface area contributed by atoms with Crippen molar-refractivity contribution in [2.75, 3.05) is 20.3 Å². The van der Waals surface area contributed by atoms with Gasteiger partial charge in [0.05, 0.1) is 6.10 Å². The van der Waals surface area contributed by atoms with Gasteiger partial charge in [-0.05, 0) is 44.0 Å². The molecule has 0 spiro atoms. The normalized spacial score (nSPS) is 12.7. The Morgan fingerprint density at radius 2 is 1.95 bits per heavy atom. The zero-order valence-electron chi connectivity index (χ0n) is 13.8. The van der Waals surface area contributed by atoms with E-state index < -0.39 is 0 Å². The van der Waals surface area contributed by atoms with Gasteiger partial charge in [-0.2, -0.15) is 0 Å². The zero-order valence-corrected chi connectivity index (χ0v) is 15.4. The van der Waals surface area contributed by atoms with Crippen molar-refractivity contribution in [1.82, 2.24) is 5.32 Å². The van der Waals surface area contributed by atoms with Gasteiger partial charge in [-0.1, -0.05) is 29.8 Å². The summed E-state index contributed by atoms with van der Waals surface area (Å²) in [5, 5.41) is 3.49. The average Bonchev–Trinajstić information content (AvgIpc) is 2.39. The molecular weight excluding hydrogens is 330 g/mol. The lowest BCUT2D eigenvalue weighted by Crippen LogP contribution is -2.21. The van der Waals surface area contributed by atoms with Crippen LogP contribution in [0.15, 0.2) is 16.6 Å². The first-order chi connectivity index (χ1) is 9.93. The monoisotopic (exact) mass is 357 g/mol. The fourth-order valence-corrected chi connectivity index (χ4v) is 2.76. The van der Waals surface area contributed by atoms with E-state index >= 15 is 0 Å². The van der Waals surface area contributed by atoms with Crippen LogP contribution < -0.4 is 10.1 Å². The molecule has 4 heteroatoms. The third kappa shape index (κ3) is 6.81. The summed E-state index contributed by atoms with van der Waals surface area (Å²) in [7, 11) is 1.72. The fraction of sp³-hybridized carbons (Fsp3) is 0.647. The van der Waals surface area contributed by atoms with Gasteiger partial charge >= 0.3 is 0 Å². The standard InChI is InChI=1S/C17H28BrNO2/c1-12(2)10-19-11-15-9-16(18)8-13(3)17(15)21-14(4)6-7-20-5/h8-9,12,14,19H,6-7,10-11H2,1-5H3. The molecule has 1 atom stereocenters. The summed E-state index contributed by atoms with van der Waals surface area (Å²) >= 11 is 3.57. The second kappa shape index (κ2) is 9.44. The van der Waals surface area contributed by atoms with E-state index in [0.717, 1.165) is 41.9 Å². The Balaban J connectivity index is 2.79. The van der Waals surface area contributed by atoms with E-state index in [1.165, 1.54) is 5.56 Å². The van der Waals surface area contributed by atoms with Crippen molar-refractivity contribution in [3.63, 3.8) is 0 Å². The maximum Gasteiger partial charge on any atom is 0.127 e. The van der Waals surface area contributed by atoms with Crippen LogP contribution in [0.25, 0.3) is 0 Å². The molecule has 21 heavy (non-hydrogen) atoms. The molecule has 1 unspecified atom stereocenters. The van der Waals surface area contributed by atoms with Crippen LogP contribution in [0.3, 0.4) is 0 Å². The Bertz CT molecular complexity index is 435. The van der Waals surface area contributed by atoms with Crippen molar-refractivity contribution >= 4 is 15.9 Å². The lowest BCUT2D eigenvalue weighted by atomic mass is 10.1. The third-order valence-corrected chi connectivity index (χ3v) is 3.69. The highest BCUT2D eigenvalue weighted by Gasteiger charge is 2.12. The maximum absolute atomic E-state index is 6.15. The highest BCUT2D eigenvalue weighted by molar-refractivity contribution is 9.10. The summed E-state index contributed by atoms with van der Waals surface area (Å²) in [6.45, 7) is 11.2. The van der Waals surface area contributed by atoms with E-state index in [1.54, 1.807) is 7.11 Å². The number of benzene rings is 1. The van der Waals surface area contributed by atoms with Crippen LogP contribution in [0.5, 0.6) is 5.75 Å². The smallest absolute Gasteiger partial charge is 0.127 e. The Kier molecular flexibility index (Phi) is 8.30. The molecule has 0 aromatic heterocycles. The molecule has 0 bridgehead atoms. The average molecular weight is 358 g/mol. The van der Waals surface area contributed by atoms with E-state index in [2.05, 4.69) is 61.1 Å². The topological polar surface area (TPSA) is 30.5 Å². The van der Waals surface area contributed by atoms with Gasteiger partial charge in [-0.15, -0.1) is 0 Å². The van der Waals surface area contributed by atoms with Gasteiger partial charge in [0.25, 0.3) is 0 Å². The quantitative estimate of drug-likeness (QED) is 0.714. The maximum atomic E-state index is 6.15. The number of nitrogens with one attached hydrogen (secondary N) is 1. The van der Waals surface area contributed by atoms with Crippen molar-refractivity contribution in [3.8, 4) is 5.75 Å². The second-order valence-electron chi connectivity index (χ2n) is 5.95. The summed E-state index contributed by atoms with van der Waals surface area (Å²) < 4.78 is 12.4. The Morgan fingerprint density at radius 3 is 2.57 bits per heavy atom. The number of aryl methyl sites for hydroxylation is 1. The van der Waals surface area contributed by atoms with E-state index in [1.807, 2.05) is 0 Å². The highest BCUT2D eigenvalue weighted by atomic mass is 79.9. The minimum Gasteiger partial charge on any atom is -0.490 e. The molecule has 0 saturated heterocycles. The second-order valence-corrected chi connectivity index (χ2v) is 6.86. The zero-order chi connectivity index (χ0) is 15.8. The number of ether oxygens (including phenoxy) is 2. The van der Waals surface area contributed by atoms with Crippen LogP contribution in [0.1, 0.15) is 38.3 Å². The minimum atomic E-state index is 0.147. The number of rotatable bonds is 9. The highest BCUT2D eigenvalue weighted by Crippen LogP contribution is 2.29. The Morgan fingerprint density at radius 1 is 1.24 bits per heavy atom. The Hall–Kier alpha value is -0.580. The summed E-state index contributed by atoms with van der Waals surface area (Å²) in [6, 6.07) is 4.24. The van der Waals surface area contributed by atoms with Crippen LogP contribution in [0.2, 0.25) is 0 Å². The first kappa shape index (κ1) is 18.5. The fourth-order valence-electron chi connectivity index (χ4n) is 2.14. The Labute approximate surface area is 137 Å². The van der Waals surface area contributed by atoms with Crippen molar-refractivity contribution in [1.29, 1.82) is 0 Å². The number of hydrogen-bond donors (Lipinski definition) is 1. The van der Waals surface area contributed by atoms with Crippen LogP contribution in [-0.2, 0) is 11.3 Å². The summed E-state index contributed by atoms with van der Waals surface area (Å²) in [5.74, 6) is 1.64. The van der Waals surface area contributed by atoms with E-state index in [4.69, 9.17) is 9.47 Å². The molecule has 0 heterocycles. The third-order valence-electron chi connectivity index (χ3n) is 3.23. The predicted molar refractivity (Wildman–Crippen MR) is 92.0 cm³/mol. The molecule has 0 saturated carbocycles. The van der Waals surface area contributed by atoms with Crippen LogP contribution in [0.4, 0.5) is 0 Å². The largest absolute Gasteiger partial charge is 0.490 e. The molecule has 0 aliphatic heterocycles. The summed E-state index contributed by atoms with van der Waals surface area (Å²) in [5.41, 5.74) is 2.36. The summed E-state index contributed by atoms with van der Waals surface area (Å²) in [4.78, 5) is 0. The van der Waals surface area contributed by atoms with Gasteiger partial charge in [-0.3, -0.25) is 0 Å². The van der Waals surface area contributed by atoms with Crippen molar-refractivity contribution in [2.45, 2.75) is 46.8 Å². The predicted octanol–water partition coefficient (Wildman–Crippen LogP) is 4.31. The van der Waals surface area contributed by atoms with Crippen LogP contribution in [-0.4, -0.2) is 26.4 Å². The molecule has 1 aromatic carbocycles. The van der Waals surface area contributed by atoms with Crippen LogP contribution >= 0.6 is 15.9 Å². The van der Waals surface area contributed by atoms with Crippen molar-refractivity contribution in [3.05, 3.63) is 27.7 Å². The molecule has 0 aliphatic rings. The molecule has 1 aromatic rings. The molecule has 120 valence electrons. The van der Waals surface area contributed by atoms with Gasteiger partial charge in [0, 0.05) is 36.7 Å². The molecule has 0 amide bonds. The number of hydrogen-bond acceptors (Lipinski definition) is 3. The molecule has 0 radical (unpaired) electrons. The molecule has 3 nitrogen and oxygen atoms in total. The molecular formula is C17H28BrNO2. The number of halogens is 1. The van der Waals surface area contributed by atoms with Gasteiger partial charge in [-0.25, -0.2) is 0 Å². The van der Waals surface area contributed by atoms with E-state index in [0.29, 0.717) is 5.92 Å². The molecule has 1 N–H and O–H groups in total. The SMILES string of the molecule is COCCC(C)Oc1c(C)cc(Br)cc1CNCC(C)C. The lowest BCUT2D eigenvalue weighted by molar-refractivity contribution is 0.134. The first-order valence-corrected chi connectivity index (χ1v) is 8.38. The first-order valence-electron chi connectivity index (χ1n) is 7.59. The van der Waals surface area contributed by atoms with Crippen molar-refractivity contribution < 1.29 is 9.47 Å². The van der Waals surface area contributed by atoms with Gasteiger partial charge in [0.15, 0.2) is 0 Å². The van der Waals surface area contributed by atoms with E-state index in [9.17, 15) is 0 Å². The molecule has 1 rings (SSSR count). The van der Waals surface area contributed by atoms with Crippen molar-refractivity contribution in [2.24, 2.45) is 5.92 Å². The van der Waals surface area contributed by atoms with Gasteiger partial charge < -0.3 is 14.8 Å². The number of methoxy groups -OCH3 is 1. The van der Waals surface area contributed by atoms with Gasteiger partial charge in [0.1, 0.15) is 5.75 Å². The lowest BCUT2D eigenvalue weighted by Gasteiger charge is -2.20. The minimum absolute atomic E-state index is 0.147. The molecule has 0 aliphatic carbocycles. The molecule has 0 fully saturated rings. The van der Waals surface area contributed by atoms with E-state index in [-0.39, 0.29) is 6.10 Å². The van der Waals surface area contributed by atoms with Gasteiger partial charge in [0.2, 0.25) is 0 Å². The van der Waals surface area contributed by atoms with Crippen LogP contribution in [0, 0.1) is 12.8 Å². The summed E-state index contributed by atoms with van der Waals surface area (Å²) in [6.07, 6.45) is 1.04.